The van der Waals surface area contributed by atoms with Gasteiger partial charge in [0.05, 0.1) is 0 Å². The van der Waals surface area contributed by atoms with E-state index in [2.05, 4.69) is 32.9 Å². The van der Waals surface area contributed by atoms with Gasteiger partial charge in [0, 0.05) is 9.52 Å². The Labute approximate surface area is 154 Å². The zero-order valence-corrected chi connectivity index (χ0v) is 17.3. The minimum absolute atomic E-state index is 0. The van der Waals surface area contributed by atoms with Crippen molar-refractivity contribution in [2.45, 2.75) is 57.5 Å². The summed E-state index contributed by atoms with van der Waals surface area (Å²) < 4.78 is 0. The van der Waals surface area contributed by atoms with Gasteiger partial charge in [0.2, 0.25) is 0 Å². The van der Waals surface area contributed by atoms with Crippen molar-refractivity contribution in [2.24, 2.45) is 0 Å². The van der Waals surface area contributed by atoms with Crippen molar-refractivity contribution >= 4 is 9.52 Å². The number of hydrogen-bond acceptors (Lipinski definition) is 0. The first kappa shape index (κ1) is 25.1. The Morgan fingerprint density at radius 3 is 2.21 bits per heavy atom. The summed E-state index contributed by atoms with van der Waals surface area (Å²) in [6, 6.07) is 6.39. The van der Waals surface area contributed by atoms with Crippen LogP contribution in [0.3, 0.4) is 0 Å². The summed E-state index contributed by atoms with van der Waals surface area (Å²) in [5, 5.41) is 0.609. The molecule has 0 heterocycles. The number of rotatable bonds is 2. The number of fused-ring (bicyclic) bond motifs is 1. The van der Waals surface area contributed by atoms with E-state index >= 15 is 0 Å². The topological polar surface area (TPSA) is 0 Å². The molecule has 0 radical (unpaired) electrons. The fraction of sp³-hybridized carbons (Fsp3) is 0.643. The van der Waals surface area contributed by atoms with E-state index in [1.807, 2.05) is 0 Å². The first-order valence-corrected chi connectivity index (χ1v) is 8.03. The SMILES string of the molecule is CC(C)(C)[SiH2]Cc1cc2c([cH-]1)CCCC2.[Cl-].[Cl-].[Cl-].[Ti+4]. The first-order valence-electron chi connectivity index (χ1n) is 6.32. The normalized spacial score (nSPS) is 13.6. The van der Waals surface area contributed by atoms with Crippen LogP contribution in [0.5, 0.6) is 0 Å². The second-order valence-corrected chi connectivity index (χ2v) is 9.30. The summed E-state index contributed by atoms with van der Waals surface area (Å²) in [5.74, 6) is 0. The molecular weight excluding hydrogens is 350 g/mol. The van der Waals surface area contributed by atoms with E-state index in [-0.39, 0.29) is 68.5 Å². The number of hydrogen-bond donors (Lipinski definition) is 0. The fourth-order valence-corrected chi connectivity index (χ4v) is 3.76. The predicted octanol–water partition coefficient (Wildman–Crippen LogP) is -5.82. The van der Waals surface area contributed by atoms with Gasteiger partial charge in [-0.1, -0.05) is 52.5 Å². The Balaban J connectivity index is -0.000000640. The van der Waals surface area contributed by atoms with E-state index in [1.165, 1.54) is 31.7 Å². The fourth-order valence-electron chi connectivity index (χ4n) is 2.43. The first-order chi connectivity index (χ1) is 7.04. The van der Waals surface area contributed by atoms with Crippen LogP contribution in [-0.2, 0) is 40.6 Å². The molecule has 1 aliphatic carbocycles. The molecule has 19 heavy (non-hydrogen) atoms. The smallest absolute Gasteiger partial charge is 1.00 e. The maximum atomic E-state index is 2.49. The molecule has 1 aromatic rings. The van der Waals surface area contributed by atoms with Crippen LogP contribution in [0.15, 0.2) is 12.1 Å². The third-order valence-electron chi connectivity index (χ3n) is 3.44. The van der Waals surface area contributed by atoms with Gasteiger partial charge in [0.15, 0.2) is 0 Å². The van der Waals surface area contributed by atoms with E-state index in [4.69, 9.17) is 0 Å². The maximum absolute atomic E-state index is 2.49. The molecule has 0 saturated carbocycles. The molecule has 0 unspecified atom stereocenters. The van der Waals surface area contributed by atoms with Gasteiger partial charge in [0.25, 0.3) is 0 Å². The summed E-state index contributed by atoms with van der Waals surface area (Å²) >= 11 is 0. The van der Waals surface area contributed by atoms with Crippen LogP contribution in [0.1, 0.15) is 50.3 Å². The predicted molar refractivity (Wildman–Crippen MR) is 70.6 cm³/mol. The Morgan fingerprint density at radius 1 is 1.11 bits per heavy atom. The Bertz CT molecular complexity index is 321. The number of halogens is 3. The molecule has 0 N–H and O–H groups in total. The van der Waals surface area contributed by atoms with Crippen LogP contribution in [0.4, 0.5) is 0 Å². The van der Waals surface area contributed by atoms with Crippen molar-refractivity contribution in [3.05, 3.63) is 28.8 Å². The van der Waals surface area contributed by atoms with Crippen molar-refractivity contribution in [3.63, 3.8) is 0 Å². The molecule has 108 valence electrons. The summed E-state index contributed by atoms with van der Waals surface area (Å²) in [5.41, 5.74) is 4.97. The number of aryl methyl sites for hydroxylation is 2. The van der Waals surface area contributed by atoms with Crippen LogP contribution in [0.25, 0.3) is 0 Å². The third kappa shape index (κ3) is 8.24. The second kappa shape index (κ2) is 10.8. The molecule has 1 aromatic carbocycles. The van der Waals surface area contributed by atoms with Crippen LogP contribution < -0.4 is 37.2 Å². The Hall–Kier alpha value is 1.15. The second-order valence-electron chi connectivity index (χ2n) is 6.18. The monoisotopic (exact) mass is 372 g/mol. The van der Waals surface area contributed by atoms with Gasteiger partial charge >= 0.3 is 21.7 Å². The minimum atomic E-state index is 0. The van der Waals surface area contributed by atoms with Crippen molar-refractivity contribution < 1.29 is 58.9 Å². The van der Waals surface area contributed by atoms with Gasteiger partial charge in [-0.25, -0.2) is 6.07 Å². The van der Waals surface area contributed by atoms with Gasteiger partial charge in [-0.3, -0.25) is 0 Å². The quantitative estimate of drug-likeness (QED) is 0.358. The molecule has 0 atom stereocenters. The third-order valence-corrected chi connectivity index (χ3v) is 5.76. The standard InChI is InChI=1S/C14H23Si.3ClH.Ti/c1-14(2,3)15-10-11-8-12-6-4-5-7-13(12)9-11;;;;/h8-9H,4-7,10,15H2,1-3H3;3*1H;/q-1;;;;+4/p-3. The maximum Gasteiger partial charge on any atom is 4.00 e. The average Bonchev–Trinajstić information content (AvgIpc) is 2.56. The zero-order valence-electron chi connectivity index (χ0n) is 12.0. The Morgan fingerprint density at radius 2 is 1.68 bits per heavy atom. The van der Waals surface area contributed by atoms with Gasteiger partial charge < -0.3 is 37.2 Å². The van der Waals surface area contributed by atoms with Crippen molar-refractivity contribution in [1.29, 1.82) is 0 Å². The molecule has 0 saturated heterocycles. The van der Waals surface area contributed by atoms with E-state index < -0.39 is 0 Å². The van der Waals surface area contributed by atoms with Crippen LogP contribution in [0, 0.1) is 0 Å². The summed E-state index contributed by atoms with van der Waals surface area (Å²) in [4.78, 5) is 0. The largest absolute Gasteiger partial charge is 4.00 e. The summed E-state index contributed by atoms with van der Waals surface area (Å²) in [7, 11) is 0.0538. The summed E-state index contributed by atoms with van der Waals surface area (Å²) in [6.07, 6.45) is 5.50. The molecule has 0 nitrogen and oxygen atoms in total. The molecule has 0 amide bonds. The molecule has 1 aliphatic rings. The van der Waals surface area contributed by atoms with Gasteiger partial charge in [-0.05, 0) is 5.04 Å². The minimum Gasteiger partial charge on any atom is -1.00 e. The van der Waals surface area contributed by atoms with Crippen molar-refractivity contribution in [3.8, 4) is 0 Å². The average molecular weight is 374 g/mol. The van der Waals surface area contributed by atoms with Gasteiger partial charge in [-0.2, -0.15) is 22.8 Å². The molecule has 0 aromatic heterocycles. The Kier molecular flexibility index (Phi) is 14.3. The molecule has 0 aliphatic heterocycles. The molecule has 0 bridgehead atoms. The van der Waals surface area contributed by atoms with E-state index in [0.717, 1.165) is 0 Å². The van der Waals surface area contributed by atoms with Crippen LogP contribution >= 0.6 is 0 Å². The van der Waals surface area contributed by atoms with Crippen LogP contribution in [0.2, 0.25) is 5.04 Å². The molecule has 0 fully saturated rings. The molecular formula is C14H23Cl3SiTi. The van der Waals surface area contributed by atoms with E-state index in [1.54, 1.807) is 16.7 Å². The van der Waals surface area contributed by atoms with Gasteiger partial charge in [-0.15, -0.1) is 0 Å². The van der Waals surface area contributed by atoms with E-state index in [0.29, 0.717) is 5.04 Å². The molecule has 0 spiro atoms. The van der Waals surface area contributed by atoms with E-state index in [9.17, 15) is 0 Å². The van der Waals surface area contributed by atoms with Crippen molar-refractivity contribution in [1.82, 2.24) is 0 Å². The summed E-state index contributed by atoms with van der Waals surface area (Å²) in [6.45, 7) is 7.17. The molecule has 5 heteroatoms. The van der Waals surface area contributed by atoms with Crippen molar-refractivity contribution in [2.75, 3.05) is 0 Å². The zero-order chi connectivity index (χ0) is 10.9. The van der Waals surface area contributed by atoms with Crippen LogP contribution in [-0.4, -0.2) is 9.52 Å². The van der Waals surface area contributed by atoms with Gasteiger partial charge in [0.1, 0.15) is 0 Å². The molecule has 2 rings (SSSR count).